The predicted molar refractivity (Wildman–Crippen MR) is 76.4 cm³/mol. The number of halogens is 1. The highest BCUT2D eigenvalue weighted by atomic mass is 19.1. The third-order valence-corrected chi connectivity index (χ3v) is 2.62. The number of hydrogen-bond donors (Lipinski definition) is 2. The van der Waals surface area contributed by atoms with Crippen molar-refractivity contribution in [3.8, 4) is 0 Å². The summed E-state index contributed by atoms with van der Waals surface area (Å²) in [4.78, 5) is 15.8. The molecule has 1 aromatic heterocycles. The number of carbonyl (C=O) groups excluding carboxylic acids is 1. The number of amides is 1. The molecule has 2 N–H and O–H groups in total. The molecule has 0 aromatic carbocycles. The van der Waals surface area contributed by atoms with E-state index < -0.39 is 5.82 Å². The minimum atomic E-state index is -0.531. The Morgan fingerprint density at radius 1 is 1.40 bits per heavy atom. The van der Waals surface area contributed by atoms with Crippen molar-refractivity contribution in [3.63, 3.8) is 0 Å². The van der Waals surface area contributed by atoms with E-state index in [1.165, 1.54) is 6.07 Å². The lowest BCUT2D eigenvalue weighted by atomic mass is 10.2. The first kappa shape index (κ1) is 16.4. The number of nitrogens with one attached hydrogen (secondary N) is 2. The van der Waals surface area contributed by atoms with Crippen LogP contribution in [0, 0.1) is 5.82 Å². The van der Waals surface area contributed by atoms with Gasteiger partial charge in [0.15, 0.2) is 0 Å². The molecule has 0 saturated heterocycles. The highest BCUT2D eigenvalue weighted by molar-refractivity contribution is 5.98. The molecule has 20 heavy (non-hydrogen) atoms. The van der Waals surface area contributed by atoms with E-state index in [1.807, 2.05) is 6.92 Å². The quantitative estimate of drug-likeness (QED) is 0.682. The number of rotatable bonds is 9. The van der Waals surface area contributed by atoms with Gasteiger partial charge in [-0.15, -0.1) is 0 Å². The Morgan fingerprint density at radius 2 is 2.20 bits per heavy atom. The van der Waals surface area contributed by atoms with E-state index in [4.69, 9.17) is 4.74 Å². The molecule has 0 aliphatic carbocycles. The van der Waals surface area contributed by atoms with Crippen LogP contribution in [0.3, 0.4) is 0 Å². The minimum Gasteiger partial charge on any atom is -0.380 e. The Bertz CT molecular complexity index is 427. The van der Waals surface area contributed by atoms with Crippen LogP contribution < -0.4 is 10.6 Å². The fourth-order valence-electron chi connectivity index (χ4n) is 1.60. The molecule has 1 aromatic rings. The van der Waals surface area contributed by atoms with Crippen molar-refractivity contribution in [3.05, 3.63) is 23.6 Å². The summed E-state index contributed by atoms with van der Waals surface area (Å²) in [5.41, 5.74) is 0.209. The van der Waals surface area contributed by atoms with Crippen LogP contribution in [0.15, 0.2) is 12.3 Å². The molecule has 1 rings (SSSR count). The Kier molecular flexibility index (Phi) is 7.57. The monoisotopic (exact) mass is 283 g/mol. The van der Waals surface area contributed by atoms with Gasteiger partial charge >= 0.3 is 0 Å². The van der Waals surface area contributed by atoms with Gasteiger partial charge in [-0.25, -0.2) is 9.37 Å². The van der Waals surface area contributed by atoms with E-state index in [1.54, 1.807) is 0 Å². The summed E-state index contributed by atoms with van der Waals surface area (Å²) in [6, 6.07) is 1.18. The third kappa shape index (κ3) is 5.52. The van der Waals surface area contributed by atoms with Crippen molar-refractivity contribution < 1.29 is 13.9 Å². The van der Waals surface area contributed by atoms with Crippen LogP contribution in [0.2, 0.25) is 0 Å². The summed E-state index contributed by atoms with van der Waals surface area (Å²) in [5.74, 6) is -0.499. The molecule has 0 saturated carbocycles. The van der Waals surface area contributed by atoms with Crippen LogP contribution in [-0.4, -0.2) is 37.2 Å². The van der Waals surface area contributed by atoms with Crippen molar-refractivity contribution in [2.45, 2.75) is 26.7 Å². The highest BCUT2D eigenvalue weighted by Crippen LogP contribution is 2.13. The molecule has 0 spiro atoms. The van der Waals surface area contributed by atoms with Gasteiger partial charge in [0.05, 0.1) is 18.4 Å². The summed E-state index contributed by atoms with van der Waals surface area (Å²) in [5, 5.41) is 5.62. The fourth-order valence-corrected chi connectivity index (χ4v) is 1.60. The largest absolute Gasteiger partial charge is 0.380 e. The predicted octanol–water partition coefficient (Wildman–Crippen LogP) is 2.20. The molecule has 6 heteroatoms. The molecular weight excluding hydrogens is 261 g/mol. The number of aromatic nitrogens is 1. The maximum atomic E-state index is 13.2. The summed E-state index contributed by atoms with van der Waals surface area (Å²) in [6.45, 7) is 6.11. The molecule has 0 aliphatic heterocycles. The van der Waals surface area contributed by atoms with Gasteiger partial charge in [0.25, 0.3) is 5.91 Å². The number of nitrogens with zero attached hydrogens (tertiary/aromatic N) is 1. The van der Waals surface area contributed by atoms with E-state index in [0.717, 1.165) is 19.0 Å². The van der Waals surface area contributed by atoms with Crippen LogP contribution in [0.25, 0.3) is 0 Å². The normalized spacial score (nSPS) is 10.3. The lowest BCUT2D eigenvalue weighted by molar-refractivity contribution is 0.0913. The molecule has 1 amide bonds. The Balaban J connectivity index is 2.47. The fraction of sp³-hybridized carbons (Fsp3) is 0.571. The number of hydrogen-bond acceptors (Lipinski definition) is 4. The first-order valence-electron chi connectivity index (χ1n) is 6.94. The second-order valence-electron chi connectivity index (χ2n) is 4.30. The molecule has 5 nitrogen and oxygen atoms in total. The van der Waals surface area contributed by atoms with Crippen LogP contribution in [-0.2, 0) is 4.74 Å². The van der Waals surface area contributed by atoms with Gasteiger partial charge in [-0.2, -0.15) is 0 Å². The van der Waals surface area contributed by atoms with Crippen molar-refractivity contribution in [2.75, 3.05) is 31.6 Å². The standard InChI is InChI=1S/C14H22FN3O2/c1-3-5-7-20-8-6-17-14(19)12-9-11(15)10-18-13(12)16-4-2/h9-10H,3-8H2,1-2H3,(H,16,18)(H,17,19). The van der Waals surface area contributed by atoms with E-state index in [2.05, 4.69) is 22.5 Å². The first-order chi connectivity index (χ1) is 9.69. The summed E-state index contributed by atoms with van der Waals surface area (Å²) in [6.07, 6.45) is 3.17. The maximum Gasteiger partial charge on any atom is 0.255 e. The zero-order chi connectivity index (χ0) is 14.8. The number of pyridine rings is 1. The van der Waals surface area contributed by atoms with Crippen molar-refractivity contribution in [1.82, 2.24) is 10.3 Å². The molecule has 0 radical (unpaired) electrons. The van der Waals surface area contributed by atoms with Crippen LogP contribution >= 0.6 is 0 Å². The number of ether oxygens (including phenoxy) is 1. The molecule has 0 aliphatic rings. The average molecular weight is 283 g/mol. The molecular formula is C14H22FN3O2. The Hall–Kier alpha value is -1.69. The minimum absolute atomic E-state index is 0.209. The summed E-state index contributed by atoms with van der Waals surface area (Å²) in [7, 11) is 0. The van der Waals surface area contributed by atoms with E-state index >= 15 is 0 Å². The van der Waals surface area contributed by atoms with Crippen LogP contribution in [0.1, 0.15) is 37.0 Å². The molecule has 112 valence electrons. The lowest BCUT2D eigenvalue weighted by Gasteiger charge is -2.10. The molecule has 0 bridgehead atoms. The van der Waals surface area contributed by atoms with Crippen molar-refractivity contribution in [1.29, 1.82) is 0 Å². The topological polar surface area (TPSA) is 63.2 Å². The van der Waals surface area contributed by atoms with Gasteiger partial charge in [-0.1, -0.05) is 13.3 Å². The van der Waals surface area contributed by atoms with Crippen LogP contribution in [0.4, 0.5) is 10.2 Å². The second-order valence-corrected chi connectivity index (χ2v) is 4.30. The van der Waals surface area contributed by atoms with E-state index in [9.17, 15) is 9.18 Å². The smallest absolute Gasteiger partial charge is 0.255 e. The van der Waals surface area contributed by atoms with Crippen molar-refractivity contribution >= 4 is 11.7 Å². The molecule has 0 atom stereocenters. The van der Waals surface area contributed by atoms with Gasteiger partial charge in [0.1, 0.15) is 11.6 Å². The molecule has 1 heterocycles. The first-order valence-corrected chi connectivity index (χ1v) is 6.94. The average Bonchev–Trinajstić information content (AvgIpc) is 2.44. The molecule has 0 unspecified atom stereocenters. The highest BCUT2D eigenvalue weighted by Gasteiger charge is 2.13. The maximum absolute atomic E-state index is 13.2. The van der Waals surface area contributed by atoms with Crippen molar-refractivity contribution in [2.24, 2.45) is 0 Å². The molecule has 0 fully saturated rings. The van der Waals surface area contributed by atoms with Gasteiger partial charge < -0.3 is 15.4 Å². The summed E-state index contributed by atoms with van der Waals surface area (Å²) >= 11 is 0. The van der Waals surface area contributed by atoms with E-state index in [-0.39, 0.29) is 11.5 Å². The van der Waals surface area contributed by atoms with Crippen LogP contribution in [0.5, 0.6) is 0 Å². The number of unbranched alkanes of at least 4 members (excludes halogenated alkanes) is 1. The Morgan fingerprint density at radius 3 is 2.90 bits per heavy atom. The second kappa shape index (κ2) is 9.25. The van der Waals surface area contributed by atoms with Gasteiger partial charge in [0, 0.05) is 19.7 Å². The SMILES string of the molecule is CCCCOCCNC(=O)c1cc(F)cnc1NCC. The summed E-state index contributed by atoms with van der Waals surface area (Å²) < 4.78 is 18.5. The number of carbonyl (C=O) groups is 1. The van der Waals surface area contributed by atoms with Gasteiger partial charge in [-0.3, -0.25) is 4.79 Å². The van der Waals surface area contributed by atoms with E-state index in [0.29, 0.717) is 32.1 Å². The van der Waals surface area contributed by atoms with Gasteiger partial charge in [0.2, 0.25) is 0 Å². The zero-order valence-corrected chi connectivity index (χ0v) is 12.0. The third-order valence-electron chi connectivity index (χ3n) is 2.62. The number of anilines is 1. The lowest BCUT2D eigenvalue weighted by Crippen LogP contribution is -2.28. The zero-order valence-electron chi connectivity index (χ0n) is 12.0. The van der Waals surface area contributed by atoms with Gasteiger partial charge in [-0.05, 0) is 19.4 Å². The Labute approximate surface area is 118 Å².